The molecule has 0 spiro atoms. The van der Waals surface area contributed by atoms with E-state index in [1.807, 2.05) is 4.57 Å². The van der Waals surface area contributed by atoms with E-state index >= 15 is 0 Å². The second-order valence-corrected chi connectivity index (χ2v) is 4.91. The Hall–Kier alpha value is -1.77. The van der Waals surface area contributed by atoms with Gasteiger partial charge in [0, 0.05) is 6.42 Å². The lowest BCUT2D eigenvalue weighted by Crippen LogP contribution is -2.58. The van der Waals surface area contributed by atoms with Crippen LogP contribution >= 0.6 is 0 Å². The molecule has 2 aromatic heterocycles. The third-order valence-electron chi connectivity index (χ3n) is 3.87. The van der Waals surface area contributed by atoms with Crippen LogP contribution in [0.1, 0.15) is 12.6 Å². The highest BCUT2D eigenvalue weighted by Gasteiger charge is 2.57. The SMILES string of the molecule is Nc1ncnc2c1ncn2[C@H]1CC2OC[C@]2(CO)O1. The predicted octanol–water partition coefficient (Wildman–Crippen LogP) is -0.543. The Bertz CT molecular complexity index is 640. The molecular weight excluding hydrogens is 250 g/mol. The lowest BCUT2D eigenvalue weighted by atomic mass is 9.93. The smallest absolute Gasteiger partial charge is 0.167 e. The molecule has 4 heterocycles. The molecule has 2 saturated heterocycles. The lowest BCUT2D eigenvalue weighted by molar-refractivity contribution is -0.242. The molecule has 1 unspecified atom stereocenters. The molecular formula is C11H13N5O3. The molecule has 2 fully saturated rings. The van der Waals surface area contributed by atoms with E-state index in [9.17, 15) is 5.11 Å². The number of ether oxygens (including phenoxy) is 2. The Morgan fingerprint density at radius 1 is 1.47 bits per heavy atom. The molecule has 100 valence electrons. The molecule has 8 nitrogen and oxygen atoms in total. The number of nitrogens with two attached hydrogens (primary N) is 1. The highest BCUT2D eigenvalue weighted by molar-refractivity contribution is 5.81. The summed E-state index contributed by atoms with van der Waals surface area (Å²) in [5, 5.41) is 9.44. The maximum absolute atomic E-state index is 9.44. The highest BCUT2D eigenvalue weighted by atomic mass is 16.6. The summed E-state index contributed by atoms with van der Waals surface area (Å²) in [5.74, 6) is 0.345. The number of aliphatic hydroxyl groups excluding tert-OH is 1. The van der Waals surface area contributed by atoms with Gasteiger partial charge < -0.3 is 20.3 Å². The van der Waals surface area contributed by atoms with Gasteiger partial charge in [-0.2, -0.15) is 0 Å². The van der Waals surface area contributed by atoms with Crippen molar-refractivity contribution in [2.45, 2.75) is 24.4 Å². The van der Waals surface area contributed by atoms with Crippen LogP contribution in [0.15, 0.2) is 12.7 Å². The molecule has 19 heavy (non-hydrogen) atoms. The molecule has 0 aromatic carbocycles. The summed E-state index contributed by atoms with van der Waals surface area (Å²) in [6.07, 6.45) is 3.38. The number of rotatable bonds is 2. The zero-order valence-electron chi connectivity index (χ0n) is 10.1. The second-order valence-electron chi connectivity index (χ2n) is 4.91. The first-order valence-corrected chi connectivity index (χ1v) is 6.07. The van der Waals surface area contributed by atoms with Crippen LogP contribution in [0.5, 0.6) is 0 Å². The second kappa shape index (κ2) is 3.62. The average molecular weight is 263 g/mol. The minimum Gasteiger partial charge on any atom is -0.393 e. The van der Waals surface area contributed by atoms with E-state index < -0.39 is 5.60 Å². The zero-order chi connectivity index (χ0) is 13.0. The van der Waals surface area contributed by atoms with E-state index in [0.717, 1.165) is 0 Å². The predicted molar refractivity (Wildman–Crippen MR) is 64.0 cm³/mol. The number of nitrogen functional groups attached to an aromatic ring is 1. The van der Waals surface area contributed by atoms with Gasteiger partial charge in [-0.1, -0.05) is 0 Å². The molecule has 0 radical (unpaired) electrons. The van der Waals surface area contributed by atoms with Gasteiger partial charge in [-0.05, 0) is 0 Å². The minimum absolute atomic E-state index is 0.0437. The summed E-state index contributed by atoms with van der Waals surface area (Å²) in [6, 6.07) is 0. The maximum Gasteiger partial charge on any atom is 0.167 e. The molecule has 8 heteroatoms. The van der Waals surface area contributed by atoms with Crippen LogP contribution in [0.25, 0.3) is 11.2 Å². The van der Waals surface area contributed by atoms with Gasteiger partial charge >= 0.3 is 0 Å². The quantitative estimate of drug-likeness (QED) is 0.748. The number of anilines is 1. The summed E-state index contributed by atoms with van der Waals surface area (Å²) < 4.78 is 13.2. The number of imidazole rings is 1. The average Bonchev–Trinajstić information content (AvgIpc) is 2.92. The molecule has 0 aliphatic carbocycles. The Morgan fingerprint density at radius 2 is 2.37 bits per heavy atom. The van der Waals surface area contributed by atoms with Crippen LogP contribution in [-0.2, 0) is 9.47 Å². The molecule has 4 rings (SSSR count). The third-order valence-corrected chi connectivity index (χ3v) is 3.87. The van der Waals surface area contributed by atoms with E-state index in [-0.39, 0.29) is 18.9 Å². The van der Waals surface area contributed by atoms with Crippen molar-refractivity contribution in [3.8, 4) is 0 Å². The van der Waals surface area contributed by atoms with Crippen molar-refractivity contribution in [1.29, 1.82) is 0 Å². The molecule has 0 amide bonds. The number of hydrogen-bond acceptors (Lipinski definition) is 7. The van der Waals surface area contributed by atoms with Crippen LogP contribution in [0.2, 0.25) is 0 Å². The van der Waals surface area contributed by atoms with Gasteiger partial charge in [0.2, 0.25) is 0 Å². The third kappa shape index (κ3) is 1.36. The Labute approximate surface area is 108 Å². The first-order chi connectivity index (χ1) is 9.23. The van der Waals surface area contributed by atoms with Crippen molar-refractivity contribution < 1.29 is 14.6 Å². The van der Waals surface area contributed by atoms with Crippen molar-refractivity contribution in [2.75, 3.05) is 18.9 Å². The summed E-state index contributed by atoms with van der Waals surface area (Å²) in [5.41, 5.74) is 6.38. The summed E-state index contributed by atoms with van der Waals surface area (Å²) in [7, 11) is 0. The molecule has 0 saturated carbocycles. The molecule has 2 aliphatic rings. The van der Waals surface area contributed by atoms with Crippen LogP contribution < -0.4 is 5.73 Å². The van der Waals surface area contributed by atoms with E-state index in [0.29, 0.717) is 30.0 Å². The van der Waals surface area contributed by atoms with E-state index in [2.05, 4.69) is 15.0 Å². The summed E-state index contributed by atoms with van der Waals surface area (Å²) in [6.45, 7) is 0.381. The van der Waals surface area contributed by atoms with Gasteiger partial charge in [0.05, 0.1) is 25.6 Å². The van der Waals surface area contributed by atoms with E-state index in [1.165, 1.54) is 6.33 Å². The van der Waals surface area contributed by atoms with Crippen molar-refractivity contribution in [3.63, 3.8) is 0 Å². The monoisotopic (exact) mass is 263 g/mol. The largest absolute Gasteiger partial charge is 0.393 e. The van der Waals surface area contributed by atoms with Crippen LogP contribution in [0.3, 0.4) is 0 Å². The normalized spacial score (nSPS) is 33.3. The number of nitrogens with zero attached hydrogens (tertiary/aromatic N) is 4. The van der Waals surface area contributed by atoms with Gasteiger partial charge in [0.15, 0.2) is 11.5 Å². The van der Waals surface area contributed by atoms with E-state index in [4.69, 9.17) is 15.2 Å². The van der Waals surface area contributed by atoms with Crippen molar-refractivity contribution in [2.24, 2.45) is 0 Å². The van der Waals surface area contributed by atoms with Crippen LogP contribution in [-0.4, -0.2) is 49.5 Å². The van der Waals surface area contributed by atoms with Crippen LogP contribution in [0.4, 0.5) is 5.82 Å². The fourth-order valence-electron chi connectivity index (χ4n) is 2.72. The van der Waals surface area contributed by atoms with Gasteiger partial charge in [0.25, 0.3) is 0 Å². The topological polar surface area (TPSA) is 108 Å². The van der Waals surface area contributed by atoms with Crippen molar-refractivity contribution >= 4 is 17.0 Å². The summed E-state index contributed by atoms with van der Waals surface area (Å²) in [4.78, 5) is 12.3. The molecule has 3 atom stereocenters. The van der Waals surface area contributed by atoms with Crippen LogP contribution in [0, 0.1) is 0 Å². The lowest BCUT2D eigenvalue weighted by Gasteiger charge is -2.41. The number of aromatic nitrogens is 4. The summed E-state index contributed by atoms with van der Waals surface area (Å²) >= 11 is 0. The minimum atomic E-state index is -0.570. The maximum atomic E-state index is 9.44. The molecule has 2 aromatic rings. The molecule has 2 aliphatic heterocycles. The Morgan fingerprint density at radius 3 is 3.05 bits per heavy atom. The van der Waals surface area contributed by atoms with Gasteiger partial charge in [-0.25, -0.2) is 15.0 Å². The van der Waals surface area contributed by atoms with E-state index in [1.54, 1.807) is 6.33 Å². The molecule has 3 N–H and O–H groups in total. The van der Waals surface area contributed by atoms with Gasteiger partial charge in [-0.15, -0.1) is 0 Å². The fraction of sp³-hybridized carbons (Fsp3) is 0.545. The fourth-order valence-corrected chi connectivity index (χ4v) is 2.72. The number of fused-ring (bicyclic) bond motifs is 2. The Kier molecular flexibility index (Phi) is 2.12. The van der Waals surface area contributed by atoms with Gasteiger partial charge in [-0.3, -0.25) is 4.57 Å². The first kappa shape index (κ1) is 11.1. The number of aliphatic hydroxyl groups is 1. The standard InChI is InChI=1S/C11H13N5O3/c12-9-8-10(14-4-13-9)16(5-15-8)7-1-6-11(2-17,19-7)3-18-6/h4-7,17H,1-3H2,(H2,12,13,14)/t6?,7-,11+/m1/s1. The number of hydrogen-bond donors (Lipinski definition) is 2. The highest BCUT2D eigenvalue weighted by Crippen LogP contribution is 2.45. The first-order valence-electron chi connectivity index (χ1n) is 6.07. The molecule has 0 bridgehead atoms. The van der Waals surface area contributed by atoms with Gasteiger partial charge in [0.1, 0.15) is 23.7 Å². The Balaban J connectivity index is 1.74. The van der Waals surface area contributed by atoms with Crippen molar-refractivity contribution in [1.82, 2.24) is 19.5 Å². The van der Waals surface area contributed by atoms with Crippen molar-refractivity contribution in [3.05, 3.63) is 12.7 Å². The zero-order valence-corrected chi connectivity index (χ0v) is 10.1.